The number of aromatic hydroxyl groups is 1. The Morgan fingerprint density at radius 3 is 2.71 bits per heavy atom. The standard InChI is InChI=1S/C15H18N2O4/c1-4-21-13(19)8-17-15(20)11-6-5-10(18)7-12(11)14(16-17)9(2)3/h5-7,9,18H,4,8H2,1-3H3. The minimum Gasteiger partial charge on any atom is -0.508 e. The van der Waals surface area contributed by atoms with E-state index in [2.05, 4.69) is 5.10 Å². The zero-order chi connectivity index (χ0) is 15.6. The maximum Gasteiger partial charge on any atom is 0.327 e. The number of phenols is 1. The lowest BCUT2D eigenvalue weighted by Gasteiger charge is -2.13. The van der Waals surface area contributed by atoms with Crippen molar-refractivity contribution < 1.29 is 14.6 Å². The Hall–Kier alpha value is -2.37. The van der Waals surface area contributed by atoms with Gasteiger partial charge in [0.05, 0.1) is 17.7 Å². The van der Waals surface area contributed by atoms with Gasteiger partial charge in [-0.1, -0.05) is 13.8 Å². The number of hydrogen-bond acceptors (Lipinski definition) is 5. The highest BCUT2D eigenvalue weighted by atomic mass is 16.5. The SMILES string of the molecule is CCOC(=O)Cn1nc(C(C)C)c2cc(O)ccc2c1=O. The molecule has 6 nitrogen and oxygen atoms in total. The van der Waals surface area contributed by atoms with Crippen LogP contribution in [0.4, 0.5) is 0 Å². The molecule has 21 heavy (non-hydrogen) atoms. The van der Waals surface area contributed by atoms with Crippen molar-refractivity contribution >= 4 is 16.7 Å². The summed E-state index contributed by atoms with van der Waals surface area (Å²) in [5.41, 5.74) is 0.284. The Morgan fingerprint density at radius 2 is 2.10 bits per heavy atom. The number of aromatic nitrogens is 2. The number of carbonyl (C=O) groups is 1. The molecule has 2 rings (SSSR count). The first-order valence-corrected chi connectivity index (χ1v) is 6.83. The van der Waals surface area contributed by atoms with Crippen LogP contribution in [-0.4, -0.2) is 27.5 Å². The van der Waals surface area contributed by atoms with Crippen LogP contribution in [-0.2, 0) is 16.1 Å². The molecule has 0 fully saturated rings. The van der Waals surface area contributed by atoms with Gasteiger partial charge in [0, 0.05) is 5.39 Å². The van der Waals surface area contributed by atoms with Gasteiger partial charge < -0.3 is 9.84 Å². The molecule has 0 amide bonds. The quantitative estimate of drug-likeness (QED) is 0.868. The minimum absolute atomic E-state index is 0.0448. The number of esters is 1. The van der Waals surface area contributed by atoms with Gasteiger partial charge in [-0.25, -0.2) is 4.68 Å². The van der Waals surface area contributed by atoms with E-state index in [9.17, 15) is 14.7 Å². The summed E-state index contributed by atoms with van der Waals surface area (Å²) in [6.07, 6.45) is 0. The summed E-state index contributed by atoms with van der Waals surface area (Å²) in [7, 11) is 0. The first kappa shape index (κ1) is 15.0. The Balaban J connectivity index is 2.63. The van der Waals surface area contributed by atoms with Gasteiger partial charge in [-0.05, 0) is 31.0 Å². The van der Waals surface area contributed by atoms with Gasteiger partial charge in [-0.2, -0.15) is 5.10 Å². The number of rotatable bonds is 4. The molecule has 0 saturated heterocycles. The van der Waals surface area contributed by atoms with Crippen molar-refractivity contribution in [3.8, 4) is 5.75 Å². The van der Waals surface area contributed by atoms with Crippen molar-refractivity contribution in [2.75, 3.05) is 6.61 Å². The number of benzene rings is 1. The summed E-state index contributed by atoms with van der Waals surface area (Å²) < 4.78 is 5.97. The molecule has 1 aromatic carbocycles. The molecule has 0 atom stereocenters. The number of nitrogens with zero attached hydrogens (tertiary/aromatic N) is 2. The van der Waals surface area contributed by atoms with E-state index >= 15 is 0 Å². The van der Waals surface area contributed by atoms with Crippen molar-refractivity contribution in [2.24, 2.45) is 0 Å². The fraction of sp³-hybridized carbons (Fsp3) is 0.400. The number of phenolic OH excluding ortho intramolecular Hbond substituents is 1. The lowest BCUT2D eigenvalue weighted by Crippen LogP contribution is -2.29. The van der Waals surface area contributed by atoms with E-state index in [0.717, 1.165) is 4.68 Å². The second-order valence-corrected chi connectivity index (χ2v) is 5.04. The van der Waals surface area contributed by atoms with Crippen LogP contribution < -0.4 is 5.56 Å². The van der Waals surface area contributed by atoms with Crippen LogP contribution in [0.25, 0.3) is 10.8 Å². The van der Waals surface area contributed by atoms with Crippen molar-refractivity contribution in [2.45, 2.75) is 33.2 Å². The monoisotopic (exact) mass is 290 g/mol. The maximum absolute atomic E-state index is 12.4. The summed E-state index contributed by atoms with van der Waals surface area (Å²) in [6, 6.07) is 4.51. The number of fused-ring (bicyclic) bond motifs is 1. The van der Waals surface area contributed by atoms with Crippen LogP contribution in [0.5, 0.6) is 5.75 Å². The molecular formula is C15H18N2O4. The molecule has 0 aliphatic carbocycles. The van der Waals surface area contributed by atoms with E-state index in [-0.39, 0.29) is 30.4 Å². The second-order valence-electron chi connectivity index (χ2n) is 5.04. The fourth-order valence-corrected chi connectivity index (χ4v) is 2.16. The molecule has 1 N–H and O–H groups in total. The molecule has 112 valence electrons. The summed E-state index contributed by atoms with van der Waals surface area (Å²) in [4.78, 5) is 23.9. The van der Waals surface area contributed by atoms with Crippen LogP contribution in [0.3, 0.4) is 0 Å². The molecule has 0 aliphatic heterocycles. The van der Waals surface area contributed by atoms with Gasteiger partial charge in [0.25, 0.3) is 5.56 Å². The molecule has 0 saturated carbocycles. The van der Waals surface area contributed by atoms with E-state index in [1.807, 2.05) is 13.8 Å². The van der Waals surface area contributed by atoms with E-state index in [1.54, 1.807) is 13.0 Å². The predicted molar refractivity (Wildman–Crippen MR) is 78.4 cm³/mol. The highest BCUT2D eigenvalue weighted by molar-refractivity contribution is 5.85. The van der Waals surface area contributed by atoms with E-state index in [0.29, 0.717) is 16.5 Å². The minimum atomic E-state index is -0.500. The van der Waals surface area contributed by atoms with Crippen LogP contribution in [0, 0.1) is 0 Å². The number of carbonyl (C=O) groups excluding carboxylic acids is 1. The lowest BCUT2D eigenvalue weighted by atomic mass is 10.0. The third kappa shape index (κ3) is 3.04. The molecule has 0 aliphatic rings. The summed E-state index contributed by atoms with van der Waals surface area (Å²) in [5.74, 6) is -0.378. The second kappa shape index (κ2) is 5.95. The average Bonchev–Trinajstić information content (AvgIpc) is 2.41. The largest absolute Gasteiger partial charge is 0.508 e. The smallest absolute Gasteiger partial charge is 0.327 e. The summed E-state index contributed by atoms with van der Waals surface area (Å²) >= 11 is 0. The van der Waals surface area contributed by atoms with Crippen LogP contribution in [0.2, 0.25) is 0 Å². The zero-order valence-electron chi connectivity index (χ0n) is 12.3. The van der Waals surface area contributed by atoms with Crippen molar-refractivity contribution in [3.05, 3.63) is 34.2 Å². The van der Waals surface area contributed by atoms with Gasteiger partial charge >= 0.3 is 5.97 Å². The average molecular weight is 290 g/mol. The first-order valence-electron chi connectivity index (χ1n) is 6.83. The molecule has 1 aromatic heterocycles. The van der Waals surface area contributed by atoms with Crippen LogP contribution in [0.15, 0.2) is 23.0 Å². The van der Waals surface area contributed by atoms with Gasteiger partial charge in [0.1, 0.15) is 12.3 Å². The zero-order valence-corrected chi connectivity index (χ0v) is 12.3. The summed E-state index contributed by atoms with van der Waals surface area (Å²) in [6.45, 7) is 5.61. The normalized spacial score (nSPS) is 11.0. The van der Waals surface area contributed by atoms with Crippen molar-refractivity contribution in [3.63, 3.8) is 0 Å². The lowest BCUT2D eigenvalue weighted by molar-refractivity contribution is -0.144. The Labute approximate surface area is 122 Å². The molecule has 6 heteroatoms. The van der Waals surface area contributed by atoms with E-state index < -0.39 is 5.97 Å². The topological polar surface area (TPSA) is 81.4 Å². The van der Waals surface area contributed by atoms with Crippen molar-refractivity contribution in [1.82, 2.24) is 9.78 Å². The van der Waals surface area contributed by atoms with Crippen molar-refractivity contribution in [1.29, 1.82) is 0 Å². The predicted octanol–water partition coefficient (Wildman–Crippen LogP) is 1.79. The Bertz CT molecular complexity index is 734. The van der Waals surface area contributed by atoms with Gasteiger partial charge in [-0.3, -0.25) is 9.59 Å². The number of hydrogen-bond donors (Lipinski definition) is 1. The van der Waals surface area contributed by atoms with E-state index in [4.69, 9.17) is 4.74 Å². The summed E-state index contributed by atoms with van der Waals surface area (Å²) in [5, 5.41) is 14.9. The Morgan fingerprint density at radius 1 is 1.38 bits per heavy atom. The van der Waals surface area contributed by atoms with Crippen LogP contribution >= 0.6 is 0 Å². The molecule has 0 radical (unpaired) electrons. The molecule has 1 heterocycles. The molecule has 0 spiro atoms. The fourth-order valence-electron chi connectivity index (χ4n) is 2.16. The highest BCUT2D eigenvalue weighted by Crippen LogP contribution is 2.24. The van der Waals surface area contributed by atoms with Gasteiger partial charge in [0.2, 0.25) is 0 Å². The third-order valence-corrected chi connectivity index (χ3v) is 3.10. The number of ether oxygens (including phenoxy) is 1. The molecular weight excluding hydrogens is 272 g/mol. The highest BCUT2D eigenvalue weighted by Gasteiger charge is 2.15. The van der Waals surface area contributed by atoms with Gasteiger partial charge in [0.15, 0.2) is 0 Å². The van der Waals surface area contributed by atoms with Crippen LogP contribution in [0.1, 0.15) is 32.4 Å². The van der Waals surface area contributed by atoms with E-state index in [1.165, 1.54) is 12.1 Å². The Kier molecular flexibility index (Phi) is 4.26. The molecule has 2 aromatic rings. The first-order chi connectivity index (χ1) is 9.93. The maximum atomic E-state index is 12.4. The molecule has 0 unspecified atom stereocenters. The molecule has 0 bridgehead atoms. The van der Waals surface area contributed by atoms with Gasteiger partial charge in [-0.15, -0.1) is 0 Å². The third-order valence-electron chi connectivity index (χ3n) is 3.10.